The normalized spacial score (nSPS) is 10.5. The minimum absolute atomic E-state index is 0.470. The van der Waals surface area contributed by atoms with E-state index in [0.29, 0.717) is 5.15 Å². The SMILES string of the molecule is C=C(NCCc1csc(-c2ccccc2)n1)c1ccnc(Cl)c1. The molecule has 3 aromatic rings. The monoisotopic (exact) mass is 341 g/mol. The molecule has 0 radical (unpaired) electrons. The molecule has 0 fully saturated rings. The molecule has 2 heterocycles. The molecule has 2 aromatic heterocycles. The zero-order chi connectivity index (χ0) is 16.1. The van der Waals surface area contributed by atoms with Crippen LogP contribution in [0, 0.1) is 0 Å². The van der Waals surface area contributed by atoms with Gasteiger partial charge < -0.3 is 5.32 Å². The Kier molecular flexibility index (Phi) is 5.05. The summed E-state index contributed by atoms with van der Waals surface area (Å²) in [7, 11) is 0. The van der Waals surface area contributed by atoms with Crippen molar-refractivity contribution in [2.75, 3.05) is 6.54 Å². The van der Waals surface area contributed by atoms with E-state index in [1.807, 2.05) is 24.3 Å². The van der Waals surface area contributed by atoms with Gasteiger partial charge >= 0.3 is 0 Å². The lowest BCUT2D eigenvalue weighted by Gasteiger charge is -2.08. The summed E-state index contributed by atoms with van der Waals surface area (Å²) in [5, 5.41) is 6.94. The van der Waals surface area contributed by atoms with Crippen LogP contribution in [-0.4, -0.2) is 16.5 Å². The van der Waals surface area contributed by atoms with E-state index in [9.17, 15) is 0 Å². The molecular weight excluding hydrogens is 326 g/mol. The molecule has 3 nitrogen and oxygen atoms in total. The zero-order valence-electron chi connectivity index (χ0n) is 12.5. The van der Waals surface area contributed by atoms with Gasteiger partial charge in [-0.15, -0.1) is 11.3 Å². The Morgan fingerprint density at radius 2 is 2.04 bits per heavy atom. The van der Waals surface area contributed by atoms with E-state index in [2.05, 4.69) is 39.4 Å². The first-order valence-corrected chi connectivity index (χ1v) is 8.52. The molecule has 0 unspecified atom stereocenters. The molecule has 1 aromatic carbocycles. The van der Waals surface area contributed by atoms with Crippen molar-refractivity contribution in [1.82, 2.24) is 15.3 Å². The maximum absolute atomic E-state index is 5.89. The molecule has 0 spiro atoms. The highest BCUT2D eigenvalue weighted by molar-refractivity contribution is 7.13. The van der Waals surface area contributed by atoms with Crippen LogP contribution in [0.2, 0.25) is 5.15 Å². The molecule has 0 atom stereocenters. The van der Waals surface area contributed by atoms with Gasteiger partial charge in [0.25, 0.3) is 0 Å². The van der Waals surface area contributed by atoms with E-state index in [1.165, 1.54) is 0 Å². The molecule has 0 aliphatic heterocycles. The van der Waals surface area contributed by atoms with Crippen LogP contribution in [0.3, 0.4) is 0 Å². The Hall–Kier alpha value is -2.17. The third-order valence-corrected chi connectivity index (χ3v) is 4.51. The van der Waals surface area contributed by atoms with E-state index in [-0.39, 0.29) is 0 Å². The van der Waals surface area contributed by atoms with Crippen molar-refractivity contribution in [3.8, 4) is 10.6 Å². The fraction of sp³-hybridized carbons (Fsp3) is 0.111. The zero-order valence-corrected chi connectivity index (χ0v) is 14.1. The molecule has 0 bridgehead atoms. The molecule has 5 heteroatoms. The van der Waals surface area contributed by atoms with Crippen LogP contribution in [0.1, 0.15) is 11.3 Å². The predicted molar refractivity (Wildman–Crippen MR) is 97.5 cm³/mol. The van der Waals surface area contributed by atoms with Crippen LogP contribution >= 0.6 is 22.9 Å². The molecule has 23 heavy (non-hydrogen) atoms. The van der Waals surface area contributed by atoms with Gasteiger partial charge in [0.2, 0.25) is 0 Å². The van der Waals surface area contributed by atoms with Crippen molar-refractivity contribution < 1.29 is 0 Å². The second kappa shape index (κ2) is 7.40. The second-order valence-electron chi connectivity index (χ2n) is 5.03. The number of aromatic nitrogens is 2. The van der Waals surface area contributed by atoms with Gasteiger partial charge in [-0.25, -0.2) is 9.97 Å². The molecule has 0 aliphatic carbocycles. The average molecular weight is 342 g/mol. The number of thiazole rings is 1. The Morgan fingerprint density at radius 3 is 2.83 bits per heavy atom. The van der Waals surface area contributed by atoms with E-state index < -0.39 is 0 Å². The first-order valence-electron chi connectivity index (χ1n) is 7.27. The van der Waals surface area contributed by atoms with Crippen molar-refractivity contribution in [2.45, 2.75) is 6.42 Å². The summed E-state index contributed by atoms with van der Waals surface area (Å²) >= 11 is 7.56. The van der Waals surface area contributed by atoms with Crippen molar-refractivity contribution in [1.29, 1.82) is 0 Å². The summed E-state index contributed by atoms with van der Waals surface area (Å²) in [6.07, 6.45) is 2.53. The van der Waals surface area contributed by atoms with E-state index >= 15 is 0 Å². The van der Waals surface area contributed by atoms with Crippen LogP contribution in [0.25, 0.3) is 16.3 Å². The second-order valence-corrected chi connectivity index (χ2v) is 6.28. The van der Waals surface area contributed by atoms with Gasteiger partial charge in [-0.05, 0) is 12.1 Å². The van der Waals surface area contributed by atoms with Gasteiger partial charge in [0, 0.05) is 41.4 Å². The van der Waals surface area contributed by atoms with Crippen molar-refractivity contribution in [3.63, 3.8) is 0 Å². The van der Waals surface area contributed by atoms with Gasteiger partial charge in [0.15, 0.2) is 0 Å². The third-order valence-electron chi connectivity index (χ3n) is 3.37. The summed E-state index contributed by atoms with van der Waals surface area (Å²) in [4.78, 5) is 8.65. The molecule has 0 saturated carbocycles. The van der Waals surface area contributed by atoms with Gasteiger partial charge in [0.05, 0.1) is 5.69 Å². The number of hydrogen-bond acceptors (Lipinski definition) is 4. The third kappa shape index (κ3) is 4.18. The number of halogens is 1. The fourth-order valence-electron chi connectivity index (χ4n) is 2.17. The number of hydrogen-bond donors (Lipinski definition) is 1. The number of rotatable bonds is 6. The van der Waals surface area contributed by atoms with E-state index in [0.717, 1.165) is 40.5 Å². The summed E-state index contributed by atoms with van der Waals surface area (Å²) < 4.78 is 0. The maximum Gasteiger partial charge on any atom is 0.129 e. The highest BCUT2D eigenvalue weighted by Gasteiger charge is 2.05. The summed E-state index contributed by atoms with van der Waals surface area (Å²) in [5.74, 6) is 0. The first-order chi connectivity index (χ1) is 11.2. The van der Waals surface area contributed by atoms with Crippen LogP contribution in [0.15, 0.2) is 60.6 Å². The lowest BCUT2D eigenvalue weighted by atomic mass is 10.2. The molecule has 0 saturated heterocycles. The maximum atomic E-state index is 5.89. The van der Waals surface area contributed by atoms with Crippen LogP contribution in [0.5, 0.6) is 0 Å². The highest BCUT2D eigenvalue weighted by atomic mass is 35.5. The van der Waals surface area contributed by atoms with Crippen molar-refractivity contribution >= 4 is 28.6 Å². The van der Waals surface area contributed by atoms with Crippen molar-refractivity contribution in [2.24, 2.45) is 0 Å². The Labute approximate surface area is 144 Å². The number of nitrogens with zero attached hydrogens (tertiary/aromatic N) is 2. The van der Waals surface area contributed by atoms with Crippen LogP contribution in [-0.2, 0) is 6.42 Å². The Balaban J connectivity index is 1.55. The van der Waals surface area contributed by atoms with Gasteiger partial charge in [-0.3, -0.25) is 0 Å². The predicted octanol–water partition coefficient (Wildman–Crippen LogP) is 4.66. The fourth-order valence-corrected chi connectivity index (χ4v) is 3.20. The molecule has 0 aliphatic rings. The average Bonchev–Trinajstić information content (AvgIpc) is 3.04. The van der Waals surface area contributed by atoms with Crippen LogP contribution < -0.4 is 5.32 Å². The van der Waals surface area contributed by atoms with Crippen molar-refractivity contribution in [3.05, 3.63) is 77.0 Å². The molecular formula is C18H16ClN3S. The lowest BCUT2D eigenvalue weighted by molar-refractivity contribution is 0.833. The lowest BCUT2D eigenvalue weighted by Crippen LogP contribution is -2.15. The Morgan fingerprint density at radius 1 is 1.22 bits per heavy atom. The summed E-state index contributed by atoms with van der Waals surface area (Å²) in [5.41, 5.74) is 4.04. The first kappa shape index (κ1) is 15.7. The summed E-state index contributed by atoms with van der Waals surface area (Å²) in [6.45, 7) is 4.81. The largest absolute Gasteiger partial charge is 0.385 e. The van der Waals surface area contributed by atoms with Crippen LogP contribution in [0.4, 0.5) is 0 Å². The van der Waals surface area contributed by atoms with Gasteiger partial charge in [-0.2, -0.15) is 0 Å². The number of nitrogens with one attached hydrogen (secondary N) is 1. The Bertz CT molecular complexity index is 799. The molecule has 116 valence electrons. The number of pyridine rings is 1. The molecule has 0 amide bonds. The van der Waals surface area contributed by atoms with Gasteiger partial charge in [0.1, 0.15) is 10.2 Å². The highest BCUT2D eigenvalue weighted by Crippen LogP contribution is 2.23. The molecule has 1 N–H and O–H groups in total. The van der Waals surface area contributed by atoms with E-state index in [1.54, 1.807) is 23.6 Å². The number of benzene rings is 1. The quantitative estimate of drug-likeness (QED) is 0.662. The standard InChI is InChI=1S/C18H16ClN3S/c1-13(15-7-9-21-17(19)11-15)20-10-8-16-12-23-18(22-16)14-5-3-2-4-6-14/h2-7,9,11-12,20H,1,8,10H2. The van der Waals surface area contributed by atoms with Gasteiger partial charge in [-0.1, -0.05) is 48.5 Å². The minimum atomic E-state index is 0.470. The minimum Gasteiger partial charge on any atom is -0.385 e. The smallest absolute Gasteiger partial charge is 0.129 e. The topological polar surface area (TPSA) is 37.8 Å². The van der Waals surface area contributed by atoms with E-state index in [4.69, 9.17) is 11.6 Å². The molecule has 3 rings (SSSR count). The summed E-state index contributed by atoms with van der Waals surface area (Å²) in [6, 6.07) is 13.9.